The van der Waals surface area contributed by atoms with Crippen molar-refractivity contribution in [3.63, 3.8) is 0 Å². The van der Waals surface area contributed by atoms with Gasteiger partial charge in [0.15, 0.2) is 0 Å². The Bertz CT molecular complexity index is 411. The van der Waals surface area contributed by atoms with Gasteiger partial charge < -0.3 is 15.7 Å². The molecule has 0 amide bonds. The average molecular weight is 218 g/mol. The molecule has 0 aromatic carbocycles. The van der Waals surface area contributed by atoms with Gasteiger partial charge in [0.25, 0.3) is 0 Å². The first-order valence-electron chi connectivity index (χ1n) is 5.56. The van der Waals surface area contributed by atoms with Crippen molar-refractivity contribution in [3.8, 4) is 0 Å². The molecule has 0 aromatic heterocycles. The first kappa shape index (κ1) is 9.66. The van der Waals surface area contributed by atoms with Gasteiger partial charge in [-0.05, 0) is 6.08 Å². The van der Waals surface area contributed by atoms with E-state index < -0.39 is 5.97 Å². The van der Waals surface area contributed by atoms with Crippen LogP contribution in [-0.2, 0) is 4.79 Å². The van der Waals surface area contributed by atoms with Crippen LogP contribution in [-0.4, -0.2) is 29.7 Å². The van der Waals surface area contributed by atoms with E-state index in [4.69, 9.17) is 5.11 Å². The molecule has 4 heteroatoms. The Morgan fingerprint density at radius 2 is 2.12 bits per heavy atom. The van der Waals surface area contributed by atoms with Gasteiger partial charge in [-0.15, -0.1) is 0 Å². The minimum Gasteiger partial charge on any atom is -0.477 e. The van der Waals surface area contributed by atoms with Crippen molar-refractivity contribution in [1.82, 2.24) is 10.6 Å². The Hall–Kier alpha value is -1.55. The minimum atomic E-state index is -0.864. The first-order valence-corrected chi connectivity index (χ1v) is 5.56. The molecule has 3 rings (SSSR count). The summed E-state index contributed by atoms with van der Waals surface area (Å²) in [4.78, 5) is 10.9. The van der Waals surface area contributed by atoms with E-state index in [0.717, 1.165) is 0 Å². The highest BCUT2D eigenvalue weighted by atomic mass is 16.4. The molecule has 84 valence electrons. The normalized spacial score (nSPS) is 39.6. The van der Waals surface area contributed by atoms with Crippen LogP contribution >= 0.6 is 0 Å². The van der Waals surface area contributed by atoms with E-state index in [-0.39, 0.29) is 0 Å². The maximum Gasteiger partial charge on any atom is 0.351 e. The first-order chi connectivity index (χ1) is 7.75. The summed E-state index contributed by atoms with van der Waals surface area (Å²) in [7, 11) is 0. The second-order valence-electron chi connectivity index (χ2n) is 4.49. The molecule has 3 N–H and O–H groups in total. The highest BCUT2D eigenvalue weighted by Gasteiger charge is 2.42. The van der Waals surface area contributed by atoms with Crippen LogP contribution in [0.5, 0.6) is 0 Å². The number of carbonyl (C=O) groups is 1. The molecule has 2 heterocycles. The van der Waals surface area contributed by atoms with Crippen LogP contribution < -0.4 is 10.6 Å². The number of carboxylic acids is 1. The lowest BCUT2D eigenvalue weighted by Gasteiger charge is -2.26. The summed E-state index contributed by atoms with van der Waals surface area (Å²) in [6.07, 6.45) is 10.3. The van der Waals surface area contributed by atoms with Crippen molar-refractivity contribution in [3.05, 3.63) is 36.1 Å². The van der Waals surface area contributed by atoms with Crippen molar-refractivity contribution in [2.24, 2.45) is 11.8 Å². The molecular weight excluding hydrogens is 204 g/mol. The van der Waals surface area contributed by atoms with Gasteiger partial charge in [0.2, 0.25) is 0 Å². The van der Waals surface area contributed by atoms with Gasteiger partial charge in [-0.3, -0.25) is 0 Å². The van der Waals surface area contributed by atoms with E-state index in [2.05, 4.69) is 22.8 Å². The van der Waals surface area contributed by atoms with Crippen LogP contribution in [0.25, 0.3) is 0 Å². The van der Waals surface area contributed by atoms with E-state index in [0.29, 0.717) is 36.2 Å². The predicted molar refractivity (Wildman–Crippen MR) is 59.7 cm³/mol. The van der Waals surface area contributed by atoms with Gasteiger partial charge in [0.1, 0.15) is 5.70 Å². The third kappa shape index (κ3) is 1.38. The van der Waals surface area contributed by atoms with Crippen molar-refractivity contribution >= 4 is 5.97 Å². The Labute approximate surface area is 93.7 Å². The molecule has 0 saturated carbocycles. The molecule has 0 spiro atoms. The van der Waals surface area contributed by atoms with Crippen LogP contribution in [0.1, 0.15) is 0 Å². The average Bonchev–Trinajstić information content (AvgIpc) is 2.66. The van der Waals surface area contributed by atoms with Crippen LogP contribution in [0.3, 0.4) is 0 Å². The fourth-order valence-electron chi connectivity index (χ4n) is 2.83. The molecule has 1 fully saturated rings. The zero-order valence-electron chi connectivity index (χ0n) is 8.76. The maximum absolute atomic E-state index is 10.9. The van der Waals surface area contributed by atoms with Gasteiger partial charge in [-0.1, -0.05) is 24.3 Å². The van der Waals surface area contributed by atoms with E-state index in [1.54, 1.807) is 0 Å². The van der Waals surface area contributed by atoms with Crippen LogP contribution in [0, 0.1) is 11.8 Å². The second kappa shape index (κ2) is 3.49. The Kier molecular flexibility index (Phi) is 2.11. The van der Waals surface area contributed by atoms with Gasteiger partial charge >= 0.3 is 5.97 Å². The highest BCUT2D eigenvalue weighted by Crippen LogP contribution is 2.34. The molecule has 4 atom stereocenters. The van der Waals surface area contributed by atoms with Crippen molar-refractivity contribution in [2.75, 3.05) is 6.54 Å². The van der Waals surface area contributed by atoms with Crippen molar-refractivity contribution in [1.29, 1.82) is 0 Å². The number of nitrogens with one attached hydrogen (secondary N) is 2. The third-order valence-corrected chi connectivity index (χ3v) is 3.60. The van der Waals surface area contributed by atoms with Crippen LogP contribution in [0.15, 0.2) is 36.1 Å². The highest BCUT2D eigenvalue weighted by molar-refractivity contribution is 5.86. The fourth-order valence-corrected chi connectivity index (χ4v) is 2.83. The predicted octanol–water partition coefficient (Wildman–Crippen LogP) is 0.257. The Balaban J connectivity index is 1.90. The molecule has 3 aliphatic rings. The largest absolute Gasteiger partial charge is 0.477 e. The Morgan fingerprint density at radius 1 is 1.31 bits per heavy atom. The molecule has 1 aliphatic carbocycles. The molecule has 0 bridgehead atoms. The number of aliphatic carboxylic acids is 1. The van der Waals surface area contributed by atoms with Crippen molar-refractivity contribution < 1.29 is 9.90 Å². The summed E-state index contributed by atoms with van der Waals surface area (Å²) >= 11 is 0. The molecule has 16 heavy (non-hydrogen) atoms. The number of hydrogen-bond donors (Lipinski definition) is 3. The maximum atomic E-state index is 10.9. The fraction of sp³-hybridized carbons (Fsp3) is 0.417. The lowest BCUT2D eigenvalue weighted by Crippen LogP contribution is -2.43. The smallest absolute Gasteiger partial charge is 0.351 e. The lowest BCUT2D eigenvalue weighted by atomic mass is 9.83. The molecular formula is C12H14N2O2. The number of hydrogen-bond acceptors (Lipinski definition) is 3. The number of rotatable bonds is 1. The molecule has 0 aromatic rings. The summed E-state index contributed by atoms with van der Waals surface area (Å²) < 4.78 is 0. The number of carboxylic acid groups (broad SMARTS) is 1. The number of allylic oxidation sites excluding steroid dienone is 2. The summed E-state index contributed by atoms with van der Waals surface area (Å²) in [5.74, 6) is -0.178. The van der Waals surface area contributed by atoms with E-state index in [1.165, 1.54) is 0 Å². The topological polar surface area (TPSA) is 61.4 Å². The van der Waals surface area contributed by atoms with Crippen LogP contribution in [0.2, 0.25) is 0 Å². The molecule has 4 unspecified atom stereocenters. The van der Waals surface area contributed by atoms with E-state index in [1.807, 2.05) is 18.2 Å². The van der Waals surface area contributed by atoms with Gasteiger partial charge in [-0.25, -0.2) is 4.79 Å². The summed E-state index contributed by atoms with van der Waals surface area (Å²) in [6.45, 7) is 0.692. The SMILES string of the molecule is O=C(O)C1=CC2C(CN1)NC1C=CC=CC12. The minimum absolute atomic E-state index is 0.290. The monoisotopic (exact) mass is 218 g/mol. The Morgan fingerprint density at radius 3 is 2.94 bits per heavy atom. The zero-order chi connectivity index (χ0) is 11.1. The third-order valence-electron chi connectivity index (χ3n) is 3.60. The standard InChI is InChI=1S/C12H14N2O2/c15-12(16)10-5-8-7-3-1-2-4-9(7)14-11(8)6-13-10/h1-5,7-9,11,13-14H,6H2,(H,15,16). The van der Waals surface area contributed by atoms with Gasteiger partial charge in [0.05, 0.1) is 0 Å². The molecule has 1 saturated heterocycles. The van der Waals surface area contributed by atoms with E-state index in [9.17, 15) is 4.79 Å². The summed E-state index contributed by atoms with van der Waals surface area (Å²) in [5.41, 5.74) is 0.339. The van der Waals surface area contributed by atoms with Crippen molar-refractivity contribution in [2.45, 2.75) is 12.1 Å². The number of fused-ring (bicyclic) bond motifs is 3. The van der Waals surface area contributed by atoms with Gasteiger partial charge in [-0.2, -0.15) is 0 Å². The molecule has 0 radical (unpaired) electrons. The van der Waals surface area contributed by atoms with Crippen LogP contribution in [0.4, 0.5) is 0 Å². The molecule has 2 aliphatic heterocycles. The van der Waals surface area contributed by atoms with E-state index >= 15 is 0 Å². The van der Waals surface area contributed by atoms with Gasteiger partial charge in [0, 0.05) is 30.5 Å². The second-order valence-corrected chi connectivity index (χ2v) is 4.49. The summed E-state index contributed by atoms with van der Waals surface area (Å²) in [5, 5.41) is 15.4. The lowest BCUT2D eigenvalue weighted by molar-refractivity contribution is -0.133. The quantitative estimate of drug-likeness (QED) is 0.590. The summed E-state index contributed by atoms with van der Waals surface area (Å²) in [6, 6.07) is 0.691. The zero-order valence-corrected chi connectivity index (χ0v) is 8.76. The molecule has 4 nitrogen and oxygen atoms in total.